The molecule has 0 radical (unpaired) electrons. The Morgan fingerprint density at radius 2 is 2.22 bits per heavy atom. The Balaban J connectivity index is 2.00. The summed E-state index contributed by atoms with van der Waals surface area (Å²) in [6.45, 7) is 2.64. The van der Waals surface area contributed by atoms with Gasteiger partial charge in [-0.15, -0.1) is 0 Å². The van der Waals surface area contributed by atoms with Gasteiger partial charge < -0.3 is 9.88 Å². The zero-order chi connectivity index (χ0) is 12.5. The van der Waals surface area contributed by atoms with Crippen LogP contribution in [0, 0.1) is 6.92 Å². The summed E-state index contributed by atoms with van der Waals surface area (Å²) in [6, 6.07) is 8.09. The van der Waals surface area contributed by atoms with Gasteiger partial charge in [-0.1, -0.05) is 18.2 Å². The second-order valence-corrected chi connectivity index (χ2v) is 4.57. The first-order valence-electron chi connectivity index (χ1n) is 6.17. The molecule has 0 unspecified atom stereocenters. The number of carbonyl (C=O) groups is 1. The number of amides is 1. The van der Waals surface area contributed by atoms with Crippen LogP contribution in [-0.2, 0) is 6.42 Å². The number of benzene rings is 1. The van der Waals surface area contributed by atoms with Crippen LogP contribution in [-0.4, -0.2) is 22.4 Å². The standard InChI is InChI=1S/C14H15N3O/c1-10-13(16-9-15-10)14(18)17-8-4-6-11-5-2-3-7-12(11)17/h2-3,5,7,9H,4,6,8H2,1H3,(H,15,16). The number of nitrogens with one attached hydrogen (secondary N) is 1. The van der Waals surface area contributed by atoms with E-state index in [0.29, 0.717) is 5.69 Å². The lowest BCUT2D eigenvalue weighted by atomic mass is 10.0. The molecule has 1 N–H and O–H groups in total. The van der Waals surface area contributed by atoms with E-state index in [1.807, 2.05) is 30.0 Å². The summed E-state index contributed by atoms with van der Waals surface area (Å²) in [5.74, 6) is -0.0131. The number of aromatic nitrogens is 2. The molecule has 18 heavy (non-hydrogen) atoms. The van der Waals surface area contributed by atoms with Crippen LogP contribution >= 0.6 is 0 Å². The number of aryl methyl sites for hydroxylation is 2. The minimum atomic E-state index is -0.0131. The van der Waals surface area contributed by atoms with Gasteiger partial charge in [-0.3, -0.25) is 4.79 Å². The number of para-hydroxylation sites is 1. The average molecular weight is 241 g/mol. The normalized spacial score (nSPS) is 14.4. The van der Waals surface area contributed by atoms with Crippen LogP contribution in [0.4, 0.5) is 5.69 Å². The number of hydrogen-bond acceptors (Lipinski definition) is 2. The van der Waals surface area contributed by atoms with Gasteiger partial charge in [0.05, 0.1) is 6.33 Å². The molecule has 0 saturated carbocycles. The van der Waals surface area contributed by atoms with Crippen LogP contribution in [0.2, 0.25) is 0 Å². The Morgan fingerprint density at radius 1 is 1.39 bits per heavy atom. The summed E-state index contributed by atoms with van der Waals surface area (Å²) in [5.41, 5.74) is 3.61. The van der Waals surface area contributed by atoms with Crippen molar-refractivity contribution >= 4 is 11.6 Å². The van der Waals surface area contributed by atoms with Gasteiger partial charge in [0.15, 0.2) is 0 Å². The smallest absolute Gasteiger partial charge is 0.278 e. The number of nitrogens with zero attached hydrogens (tertiary/aromatic N) is 2. The minimum Gasteiger partial charge on any atom is -0.348 e. The van der Waals surface area contributed by atoms with E-state index in [-0.39, 0.29) is 5.91 Å². The molecule has 3 rings (SSSR count). The first kappa shape index (κ1) is 11.0. The molecule has 0 bridgehead atoms. The number of fused-ring (bicyclic) bond motifs is 1. The molecule has 92 valence electrons. The fraction of sp³-hybridized carbons (Fsp3) is 0.286. The molecule has 0 saturated heterocycles. The molecule has 2 heterocycles. The first-order valence-corrected chi connectivity index (χ1v) is 6.17. The Kier molecular flexibility index (Phi) is 2.63. The molecule has 1 aliphatic rings. The summed E-state index contributed by atoms with van der Waals surface area (Å²) in [6.07, 6.45) is 3.62. The first-order chi connectivity index (χ1) is 8.77. The SMILES string of the molecule is Cc1[nH]cnc1C(=O)N1CCCc2ccccc21. The highest BCUT2D eigenvalue weighted by atomic mass is 16.2. The van der Waals surface area contributed by atoms with Crippen LogP contribution in [0.5, 0.6) is 0 Å². The molecular formula is C14H15N3O. The molecule has 2 aromatic rings. The summed E-state index contributed by atoms with van der Waals surface area (Å²) in [4.78, 5) is 21.4. The number of aromatic amines is 1. The van der Waals surface area contributed by atoms with E-state index in [0.717, 1.165) is 30.8 Å². The summed E-state index contributed by atoms with van der Waals surface area (Å²) in [7, 11) is 0. The van der Waals surface area contributed by atoms with Gasteiger partial charge >= 0.3 is 0 Å². The maximum atomic E-state index is 12.5. The maximum absolute atomic E-state index is 12.5. The molecule has 4 nitrogen and oxygen atoms in total. The number of carbonyl (C=O) groups excluding carboxylic acids is 1. The highest BCUT2D eigenvalue weighted by Gasteiger charge is 2.25. The minimum absolute atomic E-state index is 0.0131. The van der Waals surface area contributed by atoms with Crippen molar-refractivity contribution in [2.45, 2.75) is 19.8 Å². The molecule has 1 aromatic carbocycles. The highest BCUT2D eigenvalue weighted by Crippen LogP contribution is 2.28. The van der Waals surface area contributed by atoms with Crippen molar-refractivity contribution < 1.29 is 4.79 Å². The predicted molar refractivity (Wildman–Crippen MR) is 69.8 cm³/mol. The third-order valence-corrected chi connectivity index (χ3v) is 3.39. The van der Waals surface area contributed by atoms with Crippen LogP contribution in [0.15, 0.2) is 30.6 Å². The number of imidazole rings is 1. The van der Waals surface area contributed by atoms with E-state index < -0.39 is 0 Å². The third-order valence-electron chi connectivity index (χ3n) is 3.39. The van der Waals surface area contributed by atoms with E-state index in [2.05, 4.69) is 16.0 Å². The zero-order valence-corrected chi connectivity index (χ0v) is 10.3. The van der Waals surface area contributed by atoms with Gasteiger partial charge in [-0.25, -0.2) is 4.98 Å². The van der Waals surface area contributed by atoms with Crippen molar-refractivity contribution in [1.29, 1.82) is 0 Å². The Hall–Kier alpha value is -2.10. The van der Waals surface area contributed by atoms with Gasteiger partial charge in [-0.05, 0) is 31.4 Å². The molecule has 0 aliphatic carbocycles. The van der Waals surface area contributed by atoms with Crippen molar-refractivity contribution in [3.05, 3.63) is 47.5 Å². The fourth-order valence-electron chi connectivity index (χ4n) is 2.45. The van der Waals surface area contributed by atoms with Gasteiger partial charge in [-0.2, -0.15) is 0 Å². The Morgan fingerprint density at radius 3 is 3.00 bits per heavy atom. The molecule has 1 amide bonds. The van der Waals surface area contributed by atoms with Crippen molar-refractivity contribution in [3.8, 4) is 0 Å². The van der Waals surface area contributed by atoms with E-state index in [9.17, 15) is 4.79 Å². The number of rotatable bonds is 1. The lowest BCUT2D eigenvalue weighted by Crippen LogP contribution is -2.36. The zero-order valence-electron chi connectivity index (χ0n) is 10.3. The van der Waals surface area contributed by atoms with E-state index >= 15 is 0 Å². The predicted octanol–water partition coefficient (Wildman–Crippen LogP) is 2.31. The molecule has 0 spiro atoms. The molecule has 4 heteroatoms. The average Bonchev–Trinajstić information content (AvgIpc) is 2.83. The number of H-pyrrole nitrogens is 1. The topological polar surface area (TPSA) is 49.0 Å². The fourth-order valence-corrected chi connectivity index (χ4v) is 2.45. The number of hydrogen-bond donors (Lipinski definition) is 1. The van der Waals surface area contributed by atoms with Crippen LogP contribution in [0.3, 0.4) is 0 Å². The highest BCUT2D eigenvalue weighted by molar-refractivity contribution is 6.06. The number of anilines is 1. The van der Waals surface area contributed by atoms with Gasteiger partial charge in [0.1, 0.15) is 5.69 Å². The van der Waals surface area contributed by atoms with Crippen LogP contribution < -0.4 is 4.90 Å². The molecule has 0 fully saturated rings. The molecule has 0 atom stereocenters. The van der Waals surface area contributed by atoms with Crippen molar-refractivity contribution in [1.82, 2.24) is 9.97 Å². The Labute approximate surface area is 106 Å². The van der Waals surface area contributed by atoms with Crippen molar-refractivity contribution in [2.75, 3.05) is 11.4 Å². The second kappa shape index (κ2) is 4.29. The van der Waals surface area contributed by atoms with Gasteiger partial charge in [0.2, 0.25) is 0 Å². The van der Waals surface area contributed by atoms with E-state index in [4.69, 9.17) is 0 Å². The summed E-state index contributed by atoms with van der Waals surface area (Å²) >= 11 is 0. The van der Waals surface area contributed by atoms with Crippen LogP contribution in [0.25, 0.3) is 0 Å². The quantitative estimate of drug-likeness (QED) is 0.833. The second-order valence-electron chi connectivity index (χ2n) is 4.57. The van der Waals surface area contributed by atoms with Gasteiger partial charge in [0, 0.05) is 17.9 Å². The summed E-state index contributed by atoms with van der Waals surface area (Å²) in [5, 5.41) is 0. The largest absolute Gasteiger partial charge is 0.348 e. The lowest BCUT2D eigenvalue weighted by Gasteiger charge is -2.29. The van der Waals surface area contributed by atoms with E-state index in [1.54, 1.807) is 6.33 Å². The van der Waals surface area contributed by atoms with Crippen LogP contribution in [0.1, 0.15) is 28.2 Å². The molecule has 1 aromatic heterocycles. The maximum Gasteiger partial charge on any atom is 0.278 e. The Bertz CT molecular complexity index is 588. The molecule has 1 aliphatic heterocycles. The summed E-state index contributed by atoms with van der Waals surface area (Å²) < 4.78 is 0. The monoisotopic (exact) mass is 241 g/mol. The van der Waals surface area contributed by atoms with E-state index in [1.165, 1.54) is 5.56 Å². The third kappa shape index (κ3) is 1.70. The molecular weight excluding hydrogens is 226 g/mol. The van der Waals surface area contributed by atoms with Gasteiger partial charge in [0.25, 0.3) is 5.91 Å². The lowest BCUT2D eigenvalue weighted by molar-refractivity contribution is 0.0980. The van der Waals surface area contributed by atoms with Crippen molar-refractivity contribution in [2.24, 2.45) is 0 Å². The van der Waals surface area contributed by atoms with Crippen molar-refractivity contribution in [3.63, 3.8) is 0 Å².